The van der Waals surface area contributed by atoms with Gasteiger partial charge in [-0.15, -0.1) is 0 Å². The van der Waals surface area contributed by atoms with Crippen molar-refractivity contribution in [1.29, 1.82) is 0 Å². The van der Waals surface area contributed by atoms with Gasteiger partial charge in [0.2, 0.25) is 0 Å². The van der Waals surface area contributed by atoms with Crippen LogP contribution in [0.5, 0.6) is 23.0 Å². The first-order chi connectivity index (χ1) is 34.2. The normalized spacial score (nSPS) is 14.3. The average Bonchev–Trinajstić information content (AvgIpc) is 3.88. The fourth-order valence-corrected chi connectivity index (χ4v) is 12.7. The third-order valence-electron chi connectivity index (χ3n) is 15.4. The zero-order valence-electron chi connectivity index (χ0n) is 37.4. The maximum atomic E-state index is 6.76. The maximum Gasteiger partial charge on any atom is 0.132 e. The van der Waals surface area contributed by atoms with Gasteiger partial charge < -0.3 is 14.4 Å². The highest BCUT2D eigenvalue weighted by Gasteiger charge is 2.53. The highest BCUT2D eigenvalue weighted by Crippen LogP contribution is 2.65. The number of ether oxygens (including phenoxy) is 2. The zero-order chi connectivity index (χ0) is 45.3. The number of benzene rings is 11. The van der Waals surface area contributed by atoms with Crippen LogP contribution in [0.2, 0.25) is 0 Å². The molecule has 2 aliphatic heterocycles. The molecule has 15 rings (SSSR count). The summed E-state index contributed by atoms with van der Waals surface area (Å²) >= 11 is 0. The number of hydrogen-bond acceptors (Lipinski definition) is 3. The van der Waals surface area contributed by atoms with E-state index < -0.39 is 10.8 Å². The lowest BCUT2D eigenvalue weighted by atomic mass is 9.65. The van der Waals surface area contributed by atoms with Crippen LogP contribution in [0.4, 0.5) is 17.1 Å². The summed E-state index contributed by atoms with van der Waals surface area (Å²) in [4.78, 5) is 2.48. The molecule has 0 unspecified atom stereocenters. The molecule has 322 valence electrons. The van der Waals surface area contributed by atoms with Gasteiger partial charge in [0, 0.05) is 39.0 Å². The largest absolute Gasteiger partial charge is 0.457 e. The second-order valence-corrected chi connectivity index (χ2v) is 18.6. The fourth-order valence-electron chi connectivity index (χ4n) is 12.7. The highest BCUT2D eigenvalue weighted by molar-refractivity contribution is 6.07. The van der Waals surface area contributed by atoms with Gasteiger partial charge in [0.1, 0.15) is 23.0 Å². The Labute approximate surface area is 400 Å². The summed E-state index contributed by atoms with van der Waals surface area (Å²) in [5.41, 5.74) is 19.0. The van der Waals surface area contributed by atoms with Crippen LogP contribution in [0.25, 0.3) is 44.2 Å². The summed E-state index contributed by atoms with van der Waals surface area (Å²) in [5.74, 6) is 3.53. The van der Waals surface area contributed by atoms with Crippen molar-refractivity contribution in [3.8, 4) is 56.4 Å². The van der Waals surface area contributed by atoms with Gasteiger partial charge in [-0.05, 0) is 116 Å². The maximum absolute atomic E-state index is 6.76. The van der Waals surface area contributed by atoms with Crippen molar-refractivity contribution in [2.45, 2.75) is 10.8 Å². The van der Waals surface area contributed by atoms with Gasteiger partial charge in [0.25, 0.3) is 0 Å². The van der Waals surface area contributed by atoms with Gasteiger partial charge in [-0.25, -0.2) is 0 Å². The second-order valence-electron chi connectivity index (χ2n) is 18.6. The second kappa shape index (κ2) is 14.3. The van der Waals surface area contributed by atoms with Gasteiger partial charge >= 0.3 is 0 Å². The van der Waals surface area contributed by atoms with Crippen molar-refractivity contribution in [3.63, 3.8) is 0 Å². The van der Waals surface area contributed by atoms with Crippen molar-refractivity contribution in [3.05, 3.63) is 293 Å². The molecule has 2 aliphatic carbocycles. The highest BCUT2D eigenvalue weighted by atomic mass is 16.5. The SMILES string of the molecule is c1ccc(-c2ccc(N(c3ccc4c(c3)C3(c5ccccc5Oc5ccccc53)c3ccccc3-4)c3cccc4c5c(ccc34)-c3ccccc3C53c4ccccc4Oc4ccccc43)cc2)cc1. The van der Waals surface area contributed by atoms with E-state index in [-0.39, 0.29) is 0 Å². The van der Waals surface area contributed by atoms with Crippen LogP contribution in [0.3, 0.4) is 0 Å². The third-order valence-corrected chi connectivity index (χ3v) is 15.4. The molecule has 2 spiro atoms. The lowest BCUT2D eigenvalue weighted by Gasteiger charge is -2.40. The molecule has 0 fully saturated rings. The minimum absolute atomic E-state index is 0.613. The van der Waals surface area contributed by atoms with E-state index in [1.165, 1.54) is 61.0 Å². The van der Waals surface area contributed by atoms with E-state index >= 15 is 0 Å². The van der Waals surface area contributed by atoms with E-state index in [4.69, 9.17) is 9.47 Å². The van der Waals surface area contributed by atoms with Crippen LogP contribution in [-0.2, 0) is 10.8 Å². The lowest BCUT2D eigenvalue weighted by molar-refractivity contribution is 0.436. The van der Waals surface area contributed by atoms with E-state index in [0.29, 0.717) is 0 Å². The molecule has 69 heavy (non-hydrogen) atoms. The molecular weight excluding hydrogens is 839 g/mol. The van der Waals surface area contributed by atoms with Gasteiger partial charge in [-0.2, -0.15) is 0 Å². The molecule has 11 aromatic carbocycles. The van der Waals surface area contributed by atoms with Crippen molar-refractivity contribution in [2.75, 3.05) is 4.90 Å². The number of para-hydroxylation sites is 4. The molecule has 3 heteroatoms. The lowest BCUT2D eigenvalue weighted by Crippen LogP contribution is -2.32. The minimum atomic E-state index is -0.618. The molecule has 0 aromatic heterocycles. The quantitative estimate of drug-likeness (QED) is 0.176. The summed E-state index contributed by atoms with van der Waals surface area (Å²) in [6.45, 7) is 0. The molecule has 0 radical (unpaired) electrons. The first-order valence-electron chi connectivity index (χ1n) is 23.8. The molecule has 0 bridgehead atoms. The number of hydrogen-bond donors (Lipinski definition) is 0. The molecule has 3 nitrogen and oxygen atoms in total. The smallest absolute Gasteiger partial charge is 0.132 e. The zero-order valence-corrected chi connectivity index (χ0v) is 37.4. The molecule has 0 saturated heterocycles. The predicted octanol–water partition coefficient (Wildman–Crippen LogP) is 16.9. The van der Waals surface area contributed by atoms with E-state index in [9.17, 15) is 0 Å². The van der Waals surface area contributed by atoms with E-state index in [1.807, 2.05) is 0 Å². The van der Waals surface area contributed by atoms with Gasteiger partial charge in [-0.3, -0.25) is 0 Å². The number of rotatable bonds is 4. The summed E-state index contributed by atoms with van der Waals surface area (Å²) in [5, 5.41) is 2.37. The van der Waals surface area contributed by atoms with Crippen molar-refractivity contribution >= 4 is 27.8 Å². The van der Waals surface area contributed by atoms with Crippen LogP contribution in [0, 0.1) is 0 Å². The molecular formula is C66H41NO2. The Morgan fingerprint density at radius 2 is 0.725 bits per heavy atom. The molecule has 4 aliphatic rings. The summed E-state index contributed by atoms with van der Waals surface area (Å²) < 4.78 is 13.5. The fraction of sp³-hybridized carbons (Fsp3) is 0.0303. The topological polar surface area (TPSA) is 21.7 Å². The van der Waals surface area contributed by atoms with Crippen LogP contribution in [-0.4, -0.2) is 0 Å². The number of nitrogens with zero attached hydrogens (tertiary/aromatic N) is 1. The Kier molecular flexibility index (Phi) is 7.92. The van der Waals surface area contributed by atoms with E-state index in [2.05, 4.69) is 254 Å². The first kappa shape index (κ1) is 38.2. The van der Waals surface area contributed by atoms with Gasteiger partial charge in [-0.1, -0.05) is 194 Å². The van der Waals surface area contributed by atoms with Gasteiger partial charge in [0.05, 0.1) is 16.5 Å². The molecule has 11 aromatic rings. The standard InChI is InChI=1S/C66H41NO2/c1-2-17-42(18-3-1)43-33-35-44(36-34-43)67(45-37-38-48-46-19-4-6-22-52(46)65(58(48)41-45)54-24-8-12-29-60(54)68-61-30-13-9-25-55(61)65)59-28-16-21-50-49(59)39-40-51-47-20-5-7-23-53(47)66(64(50)51)56-26-10-14-31-62(56)69-63-32-15-11-27-57(63)66/h1-41H. The van der Waals surface area contributed by atoms with Crippen molar-refractivity contribution < 1.29 is 9.47 Å². The van der Waals surface area contributed by atoms with Crippen molar-refractivity contribution in [2.24, 2.45) is 0 Å². The Morgan fingerprint density at radius 3 is 1.33 bits per heavy atom. The number of fused-ring (bicyclic) bond motifs is 20. The van der Waals surface area contributed by atoms with Crippen molar-refractivity contribution in [1.82, 2.24) is 0 Å². The van der Waals surface area contributed by atoms with E-state index in [1.54, 1.807) is 0 Å². The van der Waals surface area contributed by atoms with Crippen LogP contribution >= 0.6 is 0 Å². The number of anilines is 3. The summed E-state index contributed by atoms with van der Waals surface area (Å²) in [6.07, 6.45) is 0. The Bertz CT molecular complexity index is 3830. The monoisotopic (exact) mass is 879 g/mol. The average molecular weight is 880 g/mol. The summed E-state index contributed by atoms with van der Waals surface area (Å²) in [6, 6.07) is 91.0. The Balaban J connectivity index is 1.02. The van der Waals surface area contributed by atoms with Crippen LogP contribution in [0.1, 0.15) is 44.5 Å². The van der Waals surface area contributed by atoms with Gasteiger partial charge in [0.15, 0.2) is 0 Å². The first-order valence-corrected chi connectivity index (χ1v) is 23.8. The molecule has 0 saturated carbocycles. The summed E-state index contributed by atoms with van der Waals surface area (Å²) in [7, 11) is 0. The molecule has 0 N–H and O–H groups in total. The molecule has 2 heterocycles. The third kappa shape index (κ3) is 5.06. The molecule has 0 atom stereocenters. The minimum Gasteiger partial charge on any atom is -0.457 e. The van der Waals surface area contributed by atoms with Crippen LogP contribution in [0.15, 0.2) is 249 Å². The Hall–Kier alpha value is -8.92. The molecule has 0 amide bonds. The van der Waals surface area contributed by atoms with E-state index in [0.717, 1.165) is 67.7 Å². The van der Waals surface area contributed by atoms with Crippen LogP contribution < -0.4 is 14.4 Å². The predicted molar refractivity (Wildman–Crippen MR) is 279 cm³/mol. The Morgan fingerprint density at radius 1 is 0.275 bits per heavy atom.